The highest BCUT2D eigenvalue weighted by molar-refractivity contribution is 7.20. The normalized spacial score (nSPS) is 10.8. The summed E-state index contributed by atoms with van der Waals surface area (Å²) < 4.78 is 6.20. The van der Waals surface area contributed by atoms with Gasteiger partial charge in [-0.25, -0.2) is 9.78 Å². The fourth-order valence-corrected chi connectivity index (χ4v) is 4.10. The average molecular weight is 457 g/mol. The second-order valence-electron chi connectivity index (χ2n) is 7.30. The molecule has 0 saturated heterocycles. The number of anilines is 1. The van der Waals surface area contributed by atoms with Crippen molar-refractivity contribution < 1.29 is 19.1 Å². The smallest absolute Gasteiger partial charge is 0.348 e. The van der Waals surface area contributed by atoms with E-state index in [0.29, 0.717) is 21.0 Å². The molecule has 0 bridgehead atoms. The second-order valence-corrected chi connectivity index (χ2v) is 8.30. The van der Waals surface area contributed by atoms with Crippen LogP contribution in [0.25, 0.3) is 10.2 Å². The molecule has 2 amide bonds. The number of aryl methyl sites for hydroxylation is 2. The van der Waals surface area contributed by atoms with Crippen LogP contribution in [0.5, 0.6) is 0 Å². The first kappa shape index (κ1) is 23.1. The number of thiophene rings is 1. The van der Waals surface area contributed by atoms with Crippen LogP contribution in [0.4, 0.5) is 5.69 Å². The molecular formula is C22H24N4O5S. The maximum atomic E-state index is 12.9. The van der Waals surface area contributed by atoms with Crippen LogP contribution in [0.3, 0.4) is 0 Å². The Kier molecular flexibility index (Phi) is 7.04. The molecule has 3 aromatic rings. The number of hydrogen-bond donors (Lipinski definition) is 1. The third-order valence-corrected chi connectivity index (χ3v) is 6.01. The van der Waals surface area contributed by atoms with Gasteiger partial charge in [-0.2, -0.15) is 0 Å². The van der Waals surface area contributed by atoms with Crippen molar-refractivity contribution in [2.45, 2.75) is 27.3 Å². The molecule has 3 rings (SSSR count). The van der Waals surface area contributed by atoms with Gasteiger partial charge in [-0.3, -0.25) is 19.0 Å². The molecule has 0 fully saturated rings. The van der Waals surface area contributed by atoms with Crippen LogP contribution in [0.15, 0.2) is 35.4 Å². The topological polar surface area (TPSA) is 111 Å². The number of ether oxygens (including phenoxy) is 1. The van der Waals surface area contributed by atoms with Gasteiger partial charge in [-0.15, -0.1) is 11.3 Å². The maximum Gasteiger partial charge on any atom is 0.348 e. The minimum atomic E-state index is -0.505. The number of esters is 1. The number of aromatic nitrogens is 2. The monoisotopic (exact) mass is 456 g/mol. The molecule has 0 radical (unpaired) electrons. The number of carbonyl (C=O) groups is 3. The van der Waals surface area contributed by atoms with Gasteiger partial charge >= 0.3 is 5.97 Å². The molecule has 0 spiro atoms. The van der Waals surface area contributed by atoms with E-state index in [2.05, 4.69) is 10.3 Å². The number of fused-ring (bicyclic) bond motifs is 1. The Hall–Kier alpha value is -3.53. The van der Waals surface area contributed by atoms with E-state index in [1.807, 2.05) is 19.1 Å². The largest absolute Gasteiger partial charge is 0.462 e. The lowest BCUT2D eigenvalue weighted by molar-refractivity contribution is -0.133. The molecule has 168 valence electrons. The lowest BCUT2D eigenvalue weighted by Crippen LogP contribution is -2.38. The van der Waals surface area contributed by atoms with Gasteiger partial charge in [0, 0.05) is 12.7 Å². The number of carbonyl (C=O) groups excluding carboxylic acids is 3. The fraction of sp³-hybridized carbons (Fsp3) is 0.318. The van der Waals surface area contributed by atoms with E-state index in [1.54, 1.807) is 26.0 Å². The van der Waals surface area contributed by atoms with Crippen molar-refractivity contribution >= 4 is 45.0 Å². The molecule has 1 aromatic carbocycles. The summed E-state index contributed by atoms with van der Waals surface area (Å²) in [4.78, 5) is 56.1. The summed E-state index contributed by atoms with van der Waals surface area (Å²) in [5.74, 6) is -1.28. The highest BCUT2D eigenvalue weighted by atomic mass is 32.1. The summed E-state index contributed by atoms with van der Waals surface area (Å²) in [7, 11) is 1.49. The fourth-order valence-electron chi connectivity index (χ4n) is 3.07. The number of benzene rings is 1. The Labute approximate surface area is 188 Å². The van der Waals surface area contributed by atoms with Crippen molar-refractivity contribution in [2.24, 2.45) is 0 Å². The maximum absolute atomic E-state index is 12.9. The van der Waals surface area contributed by atoms with E-state index in [0.717, 1.165) is 16.9 Å². The number of likely N-dealkylation sites (N-methyl/N-ethyl adjacent to an activating group) is 1. The molecule has 9 nitrogen and oxygen atoms in total. The van der Waals surface area contributed by atoms with Crippen LogP contribution in [-0.4, -0.2) is 52.4 Å². The van der Waals surface area contributed by atoms with Crippen molar-refractivity contribution in [3.63, 3.8) is 0 Å². The van der Waals surface area contributed by atoms with Crippen molar-refractivity contribution in [1.29, 1.82) is 0 Å². The zero-order valence-corrected chi connectivity index (χ0v) is 19.1. The van der Waals surface area contributed by atoms with Gasteiger partial charge in [0.2, 0.25) is 11.8 Å². The highest BCUT2D eigenvalue weighted by Crippen LogP contribution is 2.27. The van der Waals surface area contributed by atoms with Gasteiger partial charge < -0.3 is 15.0 Å². The molecule has 0 aliphatic carbocycles. The molecule has 10 heteroatoms. The minimum absolute atomic E-state index is 0.165. The lowest BCUT2D eigenvalue weighted by atomic mass is 10.2. The number of nitrogens with zero attached hydrogens (tertiary/aromatic N) is 3. The number of amides is 2. The van der Waals surface area contributed by atoms with Gasteiger partial charge in [-0.1, -0.05) is 17.7 Å². The Bertz CT molecular complexity index is 1230. The number of rotatable bonds is 7. The molecule has 32 heavy (non-hydrogen) atoms. The first-order chi connectivity index (χ1) is 15.2. The SMILES string of the molecule is CCOC(=O)c1sc2ncn(CC(=O)N(C)CC(=O)Nc3ccc(C)cc3)c(=O)c2c1C. The van der Waals surface area contributed by atoms with E-state index < -0.39 is 17.4 Å². The first-order valence-corrected chi connectivity index (χ1v) is 10.8. The van der Waals surface area contributed by atoms with Gasteiger partial charge in [0.25, 0.3) is 5.56 Å². The summed E-state index contributed by atoms with van der Waals surface area (Å²) in [5.41, 5.74) is 1.76. The van der Waals surface area contributed by atoms with Crippen LogP contribution in [0.2, 0.25) is 0 Å². The Morgan fingerprint density at radius 2 is 1.88 bits per heavy atom. The Morgan fingerprint density at radius 3 is 2.53 bits per heavy atom. The molecule has 0 atom stereocenters. The summed E-state index contributed by atoms with van der Waals surface area (Å²) in [6, 6.07) is 7.31. The molecule has 2 heterocycles. The number of hydrogen-bond acceptors (Lipinski definition) is 7. The standard InChI is InChI=1S/C22H24N4O5S/c1-5-31-22(30)19-14(3)18-20(32-19)23-12-26(21(18)29)11-17(28)25(4)10-16(27)24-15-8-6-13(2)7-9-15/h6-9,12H,5,10-11H2,1-4H3,(H,24,27). The summed E-state index contributed by atoms with van der Waals surface area (Å²) in [6.07, 6.45) is 1.27. The number of nitrogens with one attached hydrogen (secondary N) is 1. The molecule has 0 aliphatic rings. The molecular weight excluding hydrogens is 432 g/mol. The van der Waals surface area contributed by atoms with E-state index in [-0.39, 0.29) is 31.0 Å². The predicted molar refractivity (Wildman–Crippen MR) is 122 cm³/mol. The predicted octanol–water partition coefficient (Wildman–Crippen LogP) is 2.35. The molecule has 0 unspecified atom stereocenters. The van der Waals surface area contributed by atoms with Crippen LogP contribution in [0, 0.1) is 13.8 Å². The van der Waals surface area contributed by atoms with Crippen LogP contribution >= 0.6 is 11.3 Å². The second kappa shape index (κ2) is 9.73. The van der Waals surface area contributed by atoms with E-state index >= 15 is 0 Å². The third-order valence-electron chi connectivity index (χ3n) is 4.83. The van der Waals surface area contributed by atoms with Crippen LogP contribution in [-0.2, 0) is 20.9 Å². The highest BCUT2D eigenvalue weighted by Gasteiger charge is 2.21. The van der Waals surface area contributed by atoms with Crippen molar-refractivity contribution in [1.82, 2.24) is 14.5 Å². The van der Waals surface area contributed by atoms with Gasteiger partial charge in [0.1, 0.15) is 16.3 Å². The zero-order valence-electron chi connectivity index (χ0n) is 18.3. The summed E-state index contributed by atoms with van der Waals surface area (Å²) in [6.45, 7) is 5.09. The van der Waals surface area contributed by atoms with Crippen molar-refractivity contribution in [2.75, 3.05) is 25.5 Å². The molecule has 0 saturated carbocycles. The van der Waals surface area contributed by atoms with E-state index in [1.165, 1.54) is 22.8 Å². The Balaban J connectivity index is 1.71. The summed E-state index contributed by atoms with van der Waals surface area (Å²) in [5, 5.41) is 3.01. The lowest BCUT2D eigenvalue weighted by Gasteiger charge is -2.17. The van der Waals surface area contributed by atoms with Crippen molar-refractivity contribution in [3.8, 4) is 0 Å². The van der Waals surface area contributed by atoms with E-state index in [4.69, 9.17) is 4.74 Å². The Morgan fingerprint density at radius 1 is 1.19 bits per heavy atom. The van der Waals surface area contributed by atoms with Crippen LogP contribution < -0.4 is 10.9 Å². The van der Waals surface area contributed by atoms with Gasteiger partial charge in [0.15, 0.2) is 0 Å². The quantitative estimate of drug-likeness (QED) is 0.547. The van der Waals surface area contributed by atoms with Crippen molar-refractivity contribution in [3.05, 3.63) is 57.0 Å². The zero-order chi connectivity index (χ0) is 23.4. The van der Waals surface area contributed by atoms with Gasteiger partial charge in [-0.05, 0) is 38.5 Å². The first-order valence-electron chi connectivity index (χ1n) is 9.97. The molecule has 1 N–H and O–H groups in total. The van der Waals surface area contributed by atoms with Gasteiger partial charge in [0.05, 0.1) is 24.9 Å². The minimum Gasteiger partial charge on any atom is -0.462 e. The van der Waals surface area contributed by atoms with E-state index in [9.17, 15) is 19.2 Å². The average Bonchev–Trinajstić information content (AvgIpc) is 3.09. The molecule has 2 aromatic heterocycles. The molecule has 0 aliphatic heterocycles. The summed E-state index contributed by atoms with van der Waals surface area (Å²) >= 11 is 1.08. The van der Waals surface area contributed by atoms with Crippen LogP contribution in [0.1, 0.15) is 27.7 Å². The third kappa shape index (κ3) is 5.02.